The van der Waals surface area contributed by atoms with Crippen molar-refractivity contribution in [3.63, 3.8) is 0 Å². The molecule has 2 heterocycles. The smallest absolute Gasteiger partial charge is 0.309 e. The first kappa shape index (κ1) is 15.5. The van der Waals surface area contributed by atoms with E-state index < -0.39 is 11.4 Å². The van der Waals surface area contributed by atoms with Crippen molar-refractivity contribution in [2.24, 2.45) is 5.41 Å². The third kappa shape index (κ3) is 3.23. The van der Waals surface area contributed by atoms with Crippen LogP contribution in [-0.4, -0.2) is 40.0 Å². The van der Waals surface area contributed by atoms with Crippen molar-refractivity contribution >= 4 is 11.9 Å². The Morgan fingerprint density at radius 3 is 2.57 bits per heavy atom. The minimum absolute atomic E-state index is 0.0315. The minimum atomic E-state index is -0.726. The maximum absolute atomic E-state index is 12.4. The predicted octanol–water partition coefficient (Wildman–Crippen LogP) is 2.50. The topological polar surface area (TPSA) is 70.5 Å². The molecule has 0 aliphatic carbocycles. The van der Waals surface area contributed by atoms with Gasteiger partial charge in [0.05, 0.1) is 5.41 Å². The zero-order valence-electron chi connectivity index (χ0n) is 12.6. The van der Waals surface area contributed by atoms with E-state index in [1.807, 2.05) is 13.8 Å². The van der Waals surface area contributed by atoms with E-state index in [1.54, 1.807) is 23.2 Å². The number of carbonyl (C=O) groups is 2. The Hall–Kier alpha value is -1.91. The Bertz CT molecular complexity index is 534. The lowest BCUT2D eigenvalue weighted by atomic mass is 9.75. The summed E-state index contributed by atoms with van der Waals surface area (Å²) < 4.78 is 0. The number of piperidine rings is 1. The summed E-state index contributed by atoms with van der Waals surface area (Å²) in [7, 11) is 0. The van der Waals surface area contributed by atoms with E-state index in [-0.39, 0.29) is 5.91 Å². The van der Waals surface area contributed by atoms with E-state index in [2.05, 4.69) is 4.98 Å². The van der Waals surface area contributed by atoms with Crippen LogP contribution in [0.3, 0.4) is 0 Å². The third-order valence-corrected chi connectivity index (χ3v) is 4.33. The zero-order valence-corrected chi connectivity index (χ0v) is 12.6. The number of pyridine rings is 1. The van der Waals surface area contributed by atoms with Gasteiger partial charge in [0.2, 0.25) is 0 Å². The Morgan fingerprint density at radius 2 is 2.05 bits per heavy atom. The number of rotatable bonds is 4. The summed E-state index contributed by atoms with van der Waals surface area (Å²) in [6.07, 6.45) is 4.23. The van der Waals surface area contributed by atoms with Crippen LogP contribution in [0.15, 0.2) is 18.3 Å². The van der Waals surface area contributed by atoms with Crippen LogP contribution in [0, 0.1) is 12.3 Å². The van der Waals surface area contributed by atoms with Gasteiger partial charge in [0.1, 0.15) is 0 Å². The highest BCUT2D eigenvalue weighted by Crippen LogP contribution is 2.36. The van der Waals surface area contributed by atoms with Gasteiger partial charge < -0.3 is 10.0 Å². The van der Waals surface area contributed by atoms with Crippen LogP contribution < -0.4 is 0 Å². The van der Waals surface area contributed by atoms with Crippen LogP contribution in [0.25, 0.3) is 0 Å². The Labute approximate surface area is 125 Å². The second-order valence-corrected chi connectivity index (χ2v) is 5.81. The minimum Gasteiger partial charge on any atom is -0.481 e. The van der Waals surface area contributed by atoms with Crippen molar-refractivity contribution < 1.29 is 14.7 Å². The normalized spacial score (nSPS) is 17.5. The number of carboxylic acid groups (broad SMARTS) is 1. The number of amides is 1. The van der Waals surface area contributed by atoms with Gasteiger partial charge in [-0.3, -0.25) is 14.6 Å². The van der Waals surface area contributed by atoms with E-state index in [9.17, 15) is 14.7 Å². The fourth-order valence-electron chi connectivity index (χ4n) is 3.05. The molecular formula is C16H22N2O3. The first-order valence-corrected chi connectivity index (χ1v) is 7.44. The molecule has 1 N–H and O–H groups in total. The number of carboxylic acids is 1. The van der Waals surface area contributed by atoms with E-state index in [0.717, 1.165) is 12.1 Å². The SMILES string of the molecule is CCCC1(C(=O)O)CCN(C(=O)c2ccnc(C)c2)CC1. The lowest BCUT2D eigenvalue weighted by molar-refractivity contribution is -0.152. The molecule has 5 heteroatoms. The summed E-state index contributed by atoms with van der Waals surface area (Å²) in [6, 6.07) is 3.48. The number of likely N-dealkylation sites (tertiary alicyclic amines) is 1. The second kappa shape index (κ2) is 6.24. The van der Waals surface area contributed by atoms with Crippen molar-refractivity contribution in [2.75, 3.05) is 13.1 Å². The van der Waals surface area contributed by atoms with Crippen molar-refractivity contribution in [1.29, 1.82) is 0 Å². The molecule has 0 radical (unpaired) electrons. The molecule has 0 spiro atoms. The maximum atomic E-state index is 12.4. The van der Waals surface area contributed by atoms with Gasteiger partial charge in [-0.1, -0.05) is 13.3 Å². The molecule has 0 aromatic carbocycles. The standard InChI is InChI=1S/C16H22N2O3/c1-3-5-16(15(20)21)6-9-18(10-7-16)14(19)13-4-8-17-12(2)11-13/h4,8,11H,3,5-7,9-10H2,1-2H3,(H,20,21). The average molecular weight is 290 g/mol. The molecule has 0 saturated carbocycles. The Kier molecular flexibility index (Phi) is 4.60. The highest BCUT2D eigenvalue weighted by molar-refractivity contribution is 5.94. The van der Waals surface area contributed by atoms with Gasteiger partial charge in [0, 0.05) is 30.5 Å². The number of carbonyl (C=O) groups excluding carboxylic acids is 1. The molecule has 0 unspecified atom stereocenters. The molecule has 1 aliphatic heterocycles. The monoisotopic (exact) mass is 290 g/mol. The van der Waals surface area contributed by atoms with Gasteiger partial charge in [-0.15, -0.1) is 0 Å². The number of nitrogens with zero attached hydrogens (tertiary/aromatic N) is 2. The van der Waals surface area contributed by atoms with Gasteiger partial charge in [0.15, 0.2) is 0 Å². The summed E-state index contributed by atoms with van der Waals surface area (Å²) in [6.45, 7) is 4.87. The number of hydrogen-bond donors (Lipinski definition) is 1. The summed E-state index contributed by atoms with van der Waals surface area (Å²) in [5.41, 5.74) is 0.782. The van der Waals surface area contributed by atoms with Gasteiger partial charge in [-0.2, -0.15) is 0 Å². The molecule has 114 valence electrons. The number of aliphatic carboxylic acids is 1. The van der Waals surface area contributed by atoms with Gasteiger partial charge in [-0.05, 0) is 38.3 Å². The van der Waals surface area contributed by atoms with E-state index in [1.165, 1.54) is 0 Å². The molecular weight excluding hydrogens is 268 g/mol. The summed E-state index contributed by atoms with van der Waals surface area (Å²) >= 11 is 0. The molecule has 1 fully saturated rings. The van der Waals surface area contributed by atoms with Crippen molar-refractivity contribution in [3.05, 3.63) is 29.6 Å². The number of hydrogen-bond acceptors (Lipinski definition) is 3. The highest BCUT2D eigenvalue weighted by atomic mass is 16.4. The van der Waals surface area contributed by atoms with Crippen molar-refractivity contribution in [1.82, 2.24) is 9.88 Å². The quantitative estimate of drug-likeness (QED) is 0.925. The molecule has 1 aliphatic rings. The lowest BCUT2D eigenvalue weighted by Crippen LogP contribution is -2.46. The average Bonchev–Trinajstić information content (AvgIpc) is 2.47. The number of aromatic nitrogens is 1. The fraction of sp³-hybridized carbons (Fsp3) is 0.562. The summed E-state index contributed by atoms with van der Waals surface area (Å²) in [5, 5.41) is 9.49. The van der Waals surface area contributed by atoms with Crippen molar-refractivity contribution in [3.8, 4) is 0 Å². The van der Waals surface area contributed by atoms with Crippen LogP contribution in [0.1, 0.15) is 48.7 Å². The van der Waals surface area contributed by atoms with Crippen LogP contribution in [0.5, 0.6) is 0 Å². The van der Waals surface area contributed by atoms with Crippen LogP contribution in [-0.2, 0) is 4.79 Å². The molecule has 0 bridgehead atoms. The third-order valence-electron chi connectivity index (χ3n) is 4.33. The molecule has 1 saturated heterocycles. The van der Waals surface area contributed by atoms with Crippen molar-refractivity contribution in [2.45, 2.75) is 39.5 Å². The second-order valence-electron chi connectivity index (χ2n) is 5.81. The van der Waals surface area contributed by atoms with Crippen LogP contribution in [0.4, 0.5) is 0 Å². The Balaban J connectivity index is 2.06. The van der Waals surface area contributed by atoms with E-state index in [0.29, 0.717) is 37.9 Å². The van der Waals surface area contributed by atoms with Gasteiger partial charge in [-0.25, -0.2) is 0 Å². The Morgan fingerprint density at radius 1 is 1.38 bits per heavy atom. The largest absolute Gasteiger partial charge is 0.481 e. The molecule has 21 heavy (non-hydrogen) atoms. The maximum Gasteiger partial charge on any atom is 0.309 e. The molecule has 1 amide bonds. The molecule has 1 aromatic rings. The van der Waals surface area contributed by atoms with Crippen LogP contribution in [0.2, 0.25) is 0 Å². The van der Waals surface area contributed by atoms with Gasteiger partial charge in [0.25, 0.3) is 5.91 Å². The first-order chi connectivity index (χ1) is 9.98. The molecule has 0 atom stereocenters. The van der Waals surface area contributed by atoms with Gasteiger partial charge >= 0.3 is 5.97 Å². The van der Waals surface area contributed by atoms with E-state index >= 15 is 0 Å². The molecule has 5 nitrogen and oxygen atoms in total. The summed E-state index contributed by atoms with van der Waals surface area (Å²) in [5.74, 6) is -0.757. The lowest BCUT2D eigenvalue weighted by Gasteiger charge is -2.38. The molecule has 2 rings (SSSR count). The number of aryl methyl sites for hydroxylation is 1. The fourth-order valence-corrected chi connectivity index (χ4v) is 3.05. The predicted molar refractivity (Wildman–Crippen MR) is 79.1 cm³/mol. The van der Waals surface area contributed by atoms with E-state index in [4.69, 9.17) is 0 Å². The zero-order chi connectivity index (χ0) is 15.5. The molecule has 1 aromatic heterocycles. The summed E-state index contributed by atoms with van der Waals surface area (Å²) in [4.78, 5) is 29.8. The first-order valence-electron chi connectivity index (χ1n) is 7.44. The highest BCUT2D eigenvalue weighted by Gasteiger charge is 2.41. The van der Waals surface area contributed by atoms with Crippen LogP contribution >= 0.6 is 0 Å².